The van der Waals surface area contributed by atoms with Crippen molar-refractivity contribution in [2.24, 2.45) is 5.41 Å². The van der Waals surface area contributed by atoms with Gasteiger partial charge in [0, 0.05) is 13.1 Å². The lowest BCUT2D eigenvalue weighted by Gasteiger charge is -2.40. The molecule has 0 amide bonds. The van der Waals surface area contributed by atoms with Gasteiger partial charge < -0.3 is 10.0 Å². The smallest absolute Gasteiger partial charge is 0.311 e. The molecule has 3 aromatic rings. The van der Waals surface area contributed by atoms with Crippen LogP contribution in [-0.2, 0) is 11.2 Å². The number of carbonyl (C=O) groups is 1. The zero-order chi connectivity index (χ0) is 18.7. The van der Waals surface area contributed by atoms with Crippen molar-refractivity contribution in [1.29, 1.82) is 0 Å². The minimum atomic E-state index is -0.749. The summed E-state index contributed by atoms with van der Waals surface area (Å²) in [7, 11) is 0. The predicted octanol–water partition coefficient (Wildman–Crippen LogP) is 3.93. The molecule has 27 heavy (non-hydrogen) atoms. The summed E-state index contributed by atoms with van der Waals surface area (Å²) in [6.07, 6.45) is 4.70. The van der Waals surface area contributed by atoms with Gasteiger partial charge in [0.25, 0.3) is 0 Å². The van der Waals surface area contributed by atoms with Gasteiger partial charge in [0.05, 0.1) is 22.6 Å². The first-order valence-corrected chi connectivity index (χ1v) is 9.40. The van der Waals surface area contributed by atoms with Crippen molar-refractivity contribution >= 4 is 22.8 Å². The fourth-order valence-corrected chi connectivity index (χ4v) is 3.94. The molecule has 2 heterocycles. The van der Waals surface area contributed by atoms with Crippen LogP contribution >= 0.6 is 0 Å². The molecular formula is C22H23N3O2. The molecule has 0 bridgehead atoms. The number of hydrogen-bond donors (Lipinski definition) is 1. The van der Waals surface area contributed by atoms with E-state index in [1.54, 1.807) is 6.20 Å². The second kappa shape index (κ2) is 7.35. The van der Waals surface area contributed by atoms with E-state index in [-0.39, 0.29) is 0 Å². The summed E-state index contributed by atoms with van der Waals surface area (Å²) in [6.45, 7) is 1.29. The fraction of sp³-hybridized carbons (Fsp3) is 0.318. The van der Waals surface area contributed by atoms with Crippen molar-refractivity contribution in [3.8, 4) is 0 Å². The summed E-state index contributed by atoms with van der Waals surface area (Å²) in [4.78, 5) is 23.5. The first kappa shape index (κ1) is 17.5. The van der Waals surface area contributed by atoms with E-state index in [1.807, 2.05) is 42.5 Å². The number of carboxylic acids is 1. The molecule has 0 aliphatic carbocycles. The first-order valence-electron chi connectivity index (χ1n) is 9.40. The van der Waals surface area contributed by atoms with E-state index in [0.717, 1.165) is 36.2 Å². The van der Waals surface area contributed by atoms with Crippen LogP contribution in [0.15, 0.2) is 60.8 Å². The highest BCUT2D eigenvalue weighted by molar-refractivity contribution is 5.77. The summed E-state index contributed by atoms with van der Waals surface area (Å²) < 4.78 is 0. The van der Waals surface area contributed by atoms with Crippen molar-refractivity contribution in [3.05, 3.63) is 66.4 Å². The Hall–Kier alpha value is -2.95. The lowest BCUT2D eigenvalue weighted by molar-refractivity contribution is -0.150. The van der Waals surface area contributed by atoms with Crippen LogP contribution in [0, 0.1) is 5.41 Å². The highest BCUT2D eigenvalue weighted by atomic mass is 16.4. The lowest BCUT2D eigenvalue weighted by Crippen LogP contribution is -2.48. The Bertz CT molecular complexity index is 944. The molecule has 0 radical (unpaired) electrons. The Kier molecular flexibility index (Phi) is 4.75. The molecule has 1 N–H and O–H groups in total. The maximum atomic E-state index is 12.2. The van der Waals surface area contributed by atoms with Gasteiger partial charge in [0.15, 0.2) is 0 Å². The number of benzene rings is 2. The molecular weight excluding hydrogens is 338 g/mol. The van der Waals surface area contributed by atoms with Crippen LogP contribution < -0.4 is 4.90 Å². The molecule has 4 rings (SSSR count). The van der Waals surface area contributed by atoms with Crippen LogP contribution in [0.1, 0.15) is 24.8 Å². The van der Waals surface area contributed by atoms with Crippen LogP contribution in [-0.4, -0.2) is 34.1 Å². The molecule has 0 saturated carbocycles. The molecule has 1 aromatic heterocycles. The summed E-state index contributed by atoms with van der Waals surface area (Å²) in [5, 5.41) is 10.0. The number of rotatable bonds is 5. The van der Waals surface area contributed by atoms with Crippen LogP contribution in [0.3, 0.4) is 0 Å². The monoisotopic (exact) mass is 361 g/mol. The number of nitrogens with zero attached hydrogens (tertiary/aromatic N) is 3. The lowest BCUT2D eigenvalue weighted by atomic mass is 9.75. The van der Waals surface area contributed by atoms with E-state index in [4.69, 9.17) is 4.98 Å². The minimum absolute atomic E-state index is 0.474. The van der Waals surface area contributed by atoms with E-state index in [9.17, 15) is 9.90 Å². The number of aromatic nitrogens is 2. The van der Waals surface area contributed by atoms with Crippen molar-refractivity contribution in [3.63, 3.8) is 0 Å². The molecule has 0 spiro atoms. The largest absolute Gasteiger partial charge is 0.481 e. The van der Waals surface area contributed by atoms with E-state index < -0.39 is 11.4 Å². The van der Waals surface area contributed by atoms with Gasteiger partial charge in [0.2, 0.25) is 0 Å². The van der Waals surface area contributed by atoms with Crippen molar-refractivity contribution < 1.29 is 9.90 Å². The third-order valence-corrected chi connectivity index (χ3v) is 5.53. The topological polar surface area (TPSA) is 66.3 Å². The van der Waals surface area contributed by atoms with E-state index >= 15 is 0 Å². The van der Waals surface area contributed by atoms with Gasteiger partial charge in [-0.3, -0.25) is 9.78 Å². The molecule has 0 unspecified atom stereocenters. The second-order valence-electron chi connectivity index (χ2n) is 7.31. The van der Waals surface area contributed by atoms with E-state index in [1.165, 1.54) is 5.56 Å². The Labute approximate surface area is 158 Å². The summed E-state index contributed by atoms with van der Waals surface area (Å²) in [5.41, 5.74) is 2.12. The number of fused-ring (bicyclic) bond motifs is 1. The molecule has 138 valence electrons. The quantitative estimate of drug-likeness (QED) is 0.746. The van der Waals surface area contributed by atoms with Crippen molar-refractivity contribution in [2.45, 2.75) is 25.7 Å². The van der Waals surface area contributed by atoms with Crippen LogP contribution in [0.2, 0.25) is 0 Å². The molecule has 1 atom stereocenters. The number of para-hydroxylation sites is 2. The zero-order valence-electron chi connectivity index (χ0n) is 15.2. The number of hydrogen-bond acceptors (Lipinski definition) is 4. The van der Waals surface area contributed by atoms with Crippen molar-refractivity contribution in [1.82, 2.24) is 9.97 Å². The number of aliphatic carboxylic acids is 1. The Morgan fingerprint density at radius 3 is 2.59 bits per heavy atom. The van der Waals surface area contributed by atoms with Crippen LogP contribution in [0.5, 0.6) is 0 Å². The highest BCUT2D eigenvalue weighted by Gasteiger charge is 2.42. The van der Waals surface area contributed by atoms with Gasteiger partial charge in [-0.15, -0.1) is 0 Å². The number of piperidine rings is 1. The summed E-state index contributed by atoms with van der Waals surface area (Å²) in [6, 6.07) is 17.9. The number of aryl methyl sites for hydroxylation is 1. The Balaban J connectivity index is 1.57. The predicted molar refractivity (Wildman–Crippen MR) is 106 cm³/mol. The molecule has 1 aliphatic rings. The first-order chi connectivity index (χ1) is 13.2. The van der Waals surface area contributed by atoms with Gasteiger partial charge >= 0.3 is 5.97 Å². The van der Waals surface area contributed by atoms with Crippen LogP contribution in [0.4, 0.5) is 5.82 Å². The van der Waals surface area contributed by atoms with E-state index in [2.05, 4.69) is 22.0 Å². The zero-order valence-corrected chi connectivity index (χ0v) is 15.2. The maximum absolute atomic E-state index is 12.2. The molecule has 1 fully saturated rings. The average molecular weight is 361 g/mol. The van der Waals surface area contributed by atoms with Gasteiger partial charge in [-0.1, -0.05) is 42.5 Å². The standard InChI is InChI=1S/C22H23N3O2/c26-21(27)22(13-11-17-7-2-1-3-8-17)12-6-14-25(16-22)20-15-23-18-9-4-5-10-19(18)24-20/h1-5,7-10,15H,6,11-14,16H2,(H,26,27)/t22-/m1/s1. The highest BCUT2D eigenvalue weighted by Crippen LogP contribution is 2.36. The summed E-state index contributed by atoms with van der Waals surface area (Å²) in [5.74, 6) is 0.0515. The van der Waals surface area contributed by atoms with Gasteiger partial charge in [-0.05, 0) is 43.4 Å². The molecule has 2 aromatic carbocycles. The molecule has 1 saturated heterocycles. The molecule has 5 heteroatoms. The average Bonchev–Trinajstić information content (AvgIpc) is 2.73. The van der Waals surface area contributed by atoms with Crippen LogP contribution in [0.25, 0.3) is 11.0 Å². The maximum Gasteiger partial charge on any atom is 0.311 e. The second-order valence-corrected chi connectivity index (χ2v) is 7.31. The van der Waals surface area contributed by atoms with Gasteiger partial charge in [-0.25, -0.2) is 4.98 Å². The fourth-order valence-electron chi connectivity index (χ4n) is 3.94. The van der Waals surface area contributed by atoms with E-state index in [0.29, 0.717) is 19.4 Å². The number of anilines is 1. The summed E-state index contributed by atoms with van der Waals surface area (Å²) >= 11 is 0. The third kappa shape index (κ3) is 3.63. The molecule has 5 nitrogen and oxygen atoms in total. The van der Waals surface area contributed by atoms with Crippen molar-refractivity contribution in [2.75, 3.05) is 18.0 Å². The van der Waals surface area contributed by atoms with Gasteiger partial charge in [0.1, 0.15) is 5.82 Å². The Morgan fingerprint density at radius 2 is 1.81 bits per heavy atom. The van der Waals surface area contributed by atoms with Gasteiger partial charge in [-0.2, -0.15) is 0 Å². The molecule has 1 aliphatic heterocycles. The Morgan fingerprint density at radius 1 is 1.07 bits per heavy atom. The minimum Gasteiger partial charge on any atom is -0.481 e. The third-order valence-electron chi connectivity index (χ3n) is 5.53. The SMILES string of the molecule is O=C(O)[C@@]1(CCc2ccccc2)CCCN(c2cnc3ccccc3n2)C1. The normalized spacial score (nSPS) is 19.9. The number of carboxylic acid groups (broad SMARTS) is 1.